The van der Waals surface area contributed by atoms with Gasteiger partial charge in [-0.3, -0.25) is 9.59 Å². The molecule has 8 heteroatoms. The molecule has 5 aromatic carbocycles. The molecular weight excluding hydrogens is 512 g/mol. The number of sulfonamides is 1. The summed E-state index contributed by atoms with van der Waals surface area (Å²) in [5.41, 5.74) is 8.03. The van der Waals surface area contributed by atoms with Crippen LogP contribution >= 0.6 is 0 Å². The second-order valence-corrected chi connectivity index (χ2v) is 10.5. The largest absolute Gasteiger partial charge is 0.456 e. The van der Waals surface area contributed by atoms with Gasteiger partial charge in [0.25, 0.3) is 5.91 Å². The van der Waals surface area contributed by atoms with Gasteiger partial charge in [-0.05, 0) is 40.6 Å². The average molecular weight is 537 g/mol. The zero-order chi connectivity index (χ0) is 27.6. The molecule has 0 atom stereocenters. The molecule has 5 aromatic rings. The smallest absolute Gasteiger partial charge is 0.252 e. The summed E-state index contributed by atoms with van der Waals surface area (Å²) in [5.74, 6) is -0.0410. The number of amides is 1. The summed E-state index contributed by atoms with van der Waals surface area (Å²) >= 11 is 0. The van der Waals surface area contributed by atoms with E-state index in [9.17, 15) is 18.0 Å². The maximum Gasteiger partial charge on any atom is 0.252 e. The molecule has 194 valence electrons. The molecule has 0 unspecified atom stereocenters. The number of carbonyl (C=O) groups excluding carboxylic acids is 2. The van der Waals surface area contributed by atoms with Crippen molar-refractivity contribution in [2.45, 2.75) is 11.3 Å². The van der Waals surface area contributed by atoms with Gasteiger partial charge in [0.15, 0.2) is 5.78 Å². The summed E-state index contributed by atoms with van der Waals surface area (Å²) in [6.45, 7) is 0. The monoisotopic (exact) mass is 536 g/mol. The molecule has 7 nitrogen and oxygen atoms in total. The van der Waals surface area contributed by atoms with Crippen LogP contribution in [-0.2, 0) is 16.4 Å². The zero-order valence-electron chi connectivity index (χ0n) is 20.7. The number of ketones is 1. The third kappa shape index (κ3) is 5.57. The summed E-state index contributed by atoms with van der Waals surface area (Å²) in [6, 6.07) is 31.2. The van der Waals surface area contributed by atoms with E-state index >= 15 is 0 Å². The molecule has 0 heterocycles. The third-order valence-corrected chi connectivity index (χ3v) is 7.34. The average Bonchev–Trinajstić information content (AvgIpc) is 2.93. The van der Waals surface area contributed by atoms with Gasteiger partial charge in [0, 0.05) is 23.1 Å². The fourth-order valence-corrected chi connectivity index (χ4v) is 5.19. The number of ether oxygens (including phenoxy) is 1. The van der Waals surface area contributed by atoms with E-state index in [2.05, 4.69) is 0 Å². The summed E-state index contributed by atoms with van der Waals surface area (Å²) in [4.78, 5) is 25.4. The Hall–Kier alpha value is -4.79. The van der Waals surface area contributed by atoms with Gasteiger partial charge >= 0.3 is 0 Å². The third-order valence-electron chi connectivity index (χ3n) is 6.37. The van der Waals surface area contributed by atoms with Crippen LogP contribution in [0.15, 0.2) is 114 Å². The van der Waals surface area contributed by atoms with Gasteiger partial charge in [0.05, 0.1) is 10.5 Å². The molecule has 39 heavy (non-hydrogen) atoms. The lowest BCUT2D eigenvalue weighted by Crippen LogP contribution is -2.13. The summed E-state index contributed by atoms with van der Waals surface area (Å²) in [5, 5.41) is 7.11. The minimum Gasteiger partial charge on any atom is -0.456 e. The SMILES string of the molecule is NC(=O)c1cc2ccccc2cc1Oc1ccccc1CC(=O)c1ccc(-c2ccccc2S(N)(=O)=O)cc1. The number of Topliss-reactive ketones (excluding diaryl/α,β-unsaturated/α-hetero) is 1. The van der Waals surface area contributed by atoms with Crippen molar-refractivity contribution in [2.24, 2.45) is 10.9 Å². The first-order valence-electron chi connectivity index (χ1n) is 12.0. The van der Waals surface area contributed by atoms with E-state index in [-0.39, 0.29) is 22.7 Å². The molecule has 5 rings (SSSR count). The Labute approximate surface area is 225 Å². The van der Waals surface area contributed by atoms with Gasteiger partial charge in [-0.1, -0.05) is 84.9 Å². The number of primary amides is 1. The molecule has 0 fully saturated rings. The first-order valence-corrected chi connectivity index (χ1v) is 13.6. The minimum absolute atomic E-state index is 0.0131. The number of hydrogen-bond acceptors (Lipinski definition) is 5. The number of para-hydroxylation sites is 1. The lowest BCUT2D eigenvalue weighted by Gasteiger charge is -2.14. The van der Waals surface area contributed by atoms with Crippen molar-refractivity contribution in [3.05, 3.63) is 126 Å². The molecule has 4 N–H and O–H groups in total. The van der Waals surface area contributed by atoms with Crippen LogP contribution in [0.25, 0.3) is 21.9 Å². The highest BCUT2D eigenvalue weighted by atomic mass is 32.2. The predicted octanol–water partition coefficient (Wildman–Crippen LogP) is 5.47. The number of carbonyl (C=O) groups is 2. The van der Waals surface area contributed by atoms with Gasteiger partial charge in [-0.2, -0.15) is 0 Å². The lowest BCUT2D eigenvalue weighted by molar-refractivity contribution is 0.0984. The molecular formula is C31H24N2O5S. The van der Waals surface area contributed by atoms with E-state index in [1.165, 1.54) is 6.07 Å². The van der Waals surface area contributed by atoms with Crippen molar-refractivity contribution in [1.29, 1.82) is 0 Å². The number of fused-ring (bicyclic) bond motifs is 1. The van der Waals surface area contributed by atoms with Crippen molar-refractivity contribution in [2.75, 3.05) is 0 Å². The van der Waals surface area contributed by atoms with E-state index in [4.69, 9.17) is 15.6 Å². The Balaban J connectivity index is 1.41. The maximum atomic E-state index is 13.2. The highest BCUT2D eigenvalue weighted by Gasteiger charge is 2.17. The van der Waals surface area contributed by atoms with Crippen molar-refractivity contribution < 1.29 is 22.7 Å². The van der Waals surface area contributed by atoms with Crippen LogP contribution < -0.4 is 15.6 Å². The summed E-state index contributed by atoms with van der Waals surface area (Å²) in [7, 11) is -3.91. The molecule has 0 radical (unpaired) electrons. The fraction of sp³-hybridized carbons (Fsp3) is 0.0323. The van der Waals surface area contributed by atoms with Crippen molar-refractivity contribution in [3.63, 3.8) is 0 Å². The van der Waals surface area contributed by atoms with Crippen molar-refractivity contribution in [1.82, 2.24) is 0 Å². The molecule has 0 aliphatic heterocycles. The molecule has 1 amide bonds. The van der Waals surface area contributed by atoms with Crippen molar-refractivity contribution >= 4 is 32.5 Å². The van der Waals surface area contributed by atoms with E-state index < -0.39 is 15.9 Å². The Morgan fingerprint density at radius 3 is 2.03 bits per heavy atom. The fourth-order valence-electron chi connectivity index (χ4n) is 4.43. The first-order chi connectivity index (χ1) is 18.7. The highest BCUT2D eigenvalue weighted by molar-refractivity contribution is 7.89. The molecule has 0 bridgehead atoms. The number of hydrogen-bond donors (Lipinski definition) is 2. The maximum absolute atomic E-state index is 13.2. The van der Waals surface area contributed by atoms with Gasteiger partial charge in [-0.15, -0.1) is 0 Å². The van der Waals surface area contributed by atoms with E-state index in [1.807, 2.05) is 24.3 Å². The van der Waals surface area contributed by atoms with Crippen LogP contribution in [0.3, 0.4) is 0 Å². The van der Waals surface area contributed by atoms with Gasteiger partial charge in [0.1, 0.15) is 11.5 Å². The number of primary sulfonamides is 1. The Kier molecular flexibility index (Phi) is 6.98. The Bertz CT molecular complexity index is 1830. The summed E-state index contributed by atoms with van der Waals surface area (Å²) in [6.07, 6.45) is 0.0444. The molecule has 0 aliphatic carbocycles. The van der Waals surface area contributed by atoms with Crippen LogP contribution in [0.1, 0.15) is 26.3 Å². The van der Waals surface area contributed by atoms with Gasteiger partial charge in [-0.25, -0.2) is 13.6 Å². The quantitative estimate of drug-likeness (QED) is 0.254. The van der Waals surface area contributed by atoms with Crippen LogP contribution in [0, 0.1) is 0 Å². The highest BCUT2D eigenvalue weighted by Crippen LogP contribution is 2.33. The molecule has 0 aliphatic rings. The topological polar surface area (TPSA) is 130 Å². The molecule has 0 spiro atoms. The standard InChI is InChI=1S/C31H24N2O5S/c32-31(35)26-17-22-7-1-2-8-23(22)19-29(26)38-28-11-5-3-9-24(28)18-27(34)21-15-13-20(14-16-21)25-10-4-6-12-30(25)39(33,36)37/h1-17,19H,18H2,(H2,32,35)(H2,33,36,37). The molecule has 0 saturated carbocycles. The molecule has 0 saturated heterocycles. The Morgan fingerprint density at radius 1 is 0.718 bits per heavy atom. The number of nitrogens with two attached hydrogens (primary N) is 2. The van der Waals surface area contributed by atoms with Gasteiger partial charge in [0.2, 0.25) is 10.0 Å². The Morgan fingerprint density at radius 2 is 1.33 bits per heavy atom. The van der Waals surface area contributed by atoms with Gasteiger partial charge < -0.3 is 10.5 Å². The minimum atomic E-state index is -3.91. The predicted molar refractivity (Wildman–Crippen MR) is 150 cm³/mol. The molecule has 0 aromatic heterocycles. The van der Waals surface area contributed by atoms with E-state index in [1.54, 1.807) is 78.9 Å². The van der Waals surface area contributed by atoms with Crippen LogP contribution in [-0.4, -0.2) is 20.1 Å². The van der Waals surface area contributed by atoms with E-state index in [0.717, 1.165) is 10.8 Å². The van der Waals surface area contributed by atoms with Crippen LogP contribution in [0.5, 0.6) is 11.5 Å². The van der Waals surface area contributed by atoms with E-state index in [0.29, 0.717) is 33.8 Å². The lowest BCUT2D eigenvalue weighted by atomic mass is 9.99. The van der Waals surface area contributed by atoms with Crippen LogP contribution in [0.4, 0.5) is 0 Å². The zero-order valence-corrected chi connectivity index (χ0v) is 21.5. The normalized spacial score (nSPS) is 11.3. The van der Waals surface area contributed by atoms with Crippen molar-refractivity contribution in [3.8, 4) is 22.6 Å². The summed E-state index contributed by atoms with van der Waals surface area (Å²) < 4.78 is 30.1. The number of benzene rings is 5. The number of rotatable bonds is 8. The van der Waals surface area contributed by atoms with Crippen LogP contribution in [0.2, 0.25) is 0 Å². The first kappa shape index (κ1) is 25.8. The second-order valence-electron chi connectivity index (χ2n) is 8.99. The second kappa shape index (κ2) is 10.5.